The monoisotopic (exact) mass is 330 g/mol. The van der Waals surface area contributed by atoms with Crippen LogP contribution in [0.4, 0.5) is 15.8 Å². The second kappa shape index (κ2) is 6.42. The second-order valence-corrected chi connectivity index (χ2v) is 6.28. The standard InChI is InChI=1S/C17H15FN2O2S/c1-11(21)19-14-6-2-4-12(8-14)17-20(16(22)10-23-17)15-7-3-5-13(18)9-15/h2-9,17H,10H2,1H3,(H,19,21)/t17-/m0/s1. The van der Waals surface area contributed by atoms with Gasteiger partial charge in [0, 0.05) is 18.3 Å². The maximum atomic E-state index is 13.5. The molecule has 1 N–H and O–H groups in total. The molecule has 0 aromatic heterocycles. The normalized spacial score (nSPS) is 17.4. The van der Waals surface area contributed by atoms with E-state index in [0.29, 0.717) is 17.1 Å². The van der Waals surface area contributed by atoms with E-state index in [9.17, 15) is 14.0 Å². The Labute approximate surface area is 137 Å². The van der Waals surface area contributed by atoms with Crippen LogP contribution >= 0.6 is 11.8 Å². The Morgan fingerprint density at radius 3 is 2.78 bits per heavy atom. The molecule has 0 radical (unpaired) electrons. The first kappa shape index (κ1) is 15.6. The zero-order chi connectivity index (χ0) is 16.4. The van der Waals surface area contributed by atoms with E-state index in [1.807, 2.05) is 18.2 Å². The Balaban J connectivity index is 1.95. The van der Waals surface area contributed by atoms with Gasteiger partial charge in [0.15, 0.2) is 0 Å². The molecule has 23 heavy (non-hydrogen) atoms. The number of rotatable bonds is 3. The summed E-state index contributed by atoms with van der Waals surface area (Å²) >= 11 is 1.48. The average molecular weight is 330 g/mol. The fourth-order valence-electron chi connectivity index (χ4n) is 2.55. The Morgan fingerprint density at radius 1 is 1.26 bits per heavy atom. The third kappa shape index (κ3) is 3.37. The molecule has 1 fully saturated rings. The maximum absolute atomic E-state index is 13.5. The number of hydrogen-bond acceptors (Lipinski definition) is 3. The highest BCUT2D eigenvalue weighted by atomic mass is 32.2. The van der Waals surface area contributed by atoms with Crippen molar-refractivity contribution in [3.63, 3.8) is 0 Å². The van der Waals surface area contributed by atoms with Gasteiger partial charge in [-0.1, -0.05) is 18.2 Å². The summed E-state index contributed by atoms with van der Waals surface area (Å²) in [6.45, 7) is 1.44. The smallest absolute Gasteiger partial charge is 0.238 e. The zero-order valence-electron chi connectivity index (χ0n) is 12.5. The number of hydrogen-bond donors (Lipinski definition) is 1. The summed E-state index contributed by atoms with van der Waals surface area (Å²) in [4.78, 5) is 25.0. The van der Waals surface area contributed by atoms with E-state index in [2.05, 4.69) is 5.32 Å². The van der Waals surface area contributed by atoms with Crippen LogP contribution in [-0.2, 0) is 9.59 Å². The molecule has 1 heterocycles. The molecule has 0 unspecified atom stereocenters. The number of thioether (sulfide) groups is 1. The maximum Gasteiger partial charge on any atom is 0.238 e. The van der Waals surface area contributed by atoms with Crippen LogP contribution in [0.15, 0.2) is 48.5 Å². The van der Waals surface area contributed by atoms with Crippen molar-refractivity contribution in [2.75, 3.05) is 16.0 Å². The van der Waals surface area contributed by atoms with Gasteiger partial charge in [0.05, 0.1) is 5.75 Å². The first-order valence-corrected chi connectivity index (χ1v) is 8.16. The van der Waals surface area contributed by atoms with Gasteiger partial charge in [0.1, 0.15) is 11.2 Å². The van der Waals surface area contributed by atoms with Crippen molar-refractivity contribution in [3.05, 3.63) is 59.9 Å². The fraction of sp³-hybridized carbons (Fsp3) is 0.176. The van der Waals surface area contributed by atoms with Crippen LogP contribution in [0.25, 0.3) is 0 Å². The van der Waals surface area contributed by atoms with Crippen LogP contribution in [0.5, 0.6) is 0 Å². The number of nitrogens with zero attached hydrogens (tertiary/aromatic N) is 1. The molecule has 3 rings (SSSR count). The van der Waals surface area contributed by atoms with Gasteiger partial charge < -0.3 is 5.32 Å². The summed E-state index contributed by atoms with van der Waals surface area (Å²) in [7, 11) is 0. The van der Waals surface area contributed by atoms with Gasteiger partial charge in [-0.25, -0.2) is 4.39 Å². The number of benzene rings is 2. The summed E-state index contributed by atoms with van der Waals surface area (Å²) in [5.41, 5.74) is 2.10. The lowest BCUT2D eigenvalue weighted by molar-refractivity contribution is -0.116. The van der Waals surface area contributed by atoms with E-state index >= 15 is 0 Å². The van der Waals surface area contributed by atoms with E-state index in [1.165, 1.54) is 30.8 Å². The molecular formula is C17H15FN2O2S. The topological polar surface area (TPSA) is 49.4 Å². The van der Waals surface area contributed by atoms with Gasteiger partial charge in [0.2, 0.25) is 11.8 Å². The first-order chi connectivity index (χ1) is 11.0. The van der Waals surface area contributed by atoms with Crippen LogP contribution in [0.2, 0.25) is 0 Å². The van der Waals surface area contributed by atoms with E-state index in [0.717, 1.165) is 5.56 Å². The molecule has 4 nitrogen and oxygen atoms in total. The Kier molecular flexibility index (Phi) is 4.34. The molecule has 6 heteroatoms. The van der Waals surface area contributed by atoms with Crippen LogP contribution in [0.1, 0.15) is 17.9 Å². The number of carbonyl (C=O) groups is 2. The number of anilines is 2. The summed E-state index contributed by atoms with van der Waals surface area (Å²) in [6.07, 6.45) is 0. The highest BCUT2D eigenvalue weighted by Crippen LogP contribution is 2.42. The lowest BCUT2D eigenvalue weighted by Gasteiger charge is -2.24. The molecule has 2 aromatic rings. The molecule has 1 atom stereocenters. The molecule has 2 amide bonds. The van der Waals surface area contributed by atoms with Gasteiger partial charge in [-0.15, -0.1) is 11.8 Å². The lowest BCUT2D eigenvalue weighted by Crippen LogP contribution is -2.27. The lowest BCUT2D eigenvalue weighted by atomic mass is 10.1. The van der Waals surface area contributed by atoms with E-state index in [4.69, 9.17) is 0 Å². The minimum Gasteiger partial charge on any atom is -0.326 e. The first-order valence-electron chi connectivity index (χ1n) is 7.11. The van der Waals surface area contributed by atoms with Crippen LogP contribution < -0.4 is 10.2 Å². The van der Waals surface area contributed by atoms with Crippen molar-refractivity contribution < 1.29 is 14.0 Å². The summed E-state index contributed by atoms with van der Waals surface area (Å²) < 4.78 is 13.5. The van der Waals surface area contributed by atoms with Crippen LogP contribution in [0, 0.1) is 5.82 Å². The molecule has 0 saturated carbocycles. The molecule has 0 spiro atoms. The van der Waals surface area contributed by atoms with Crippen molar-refractivity contribution in [2.45, 2.75) is 12.3 Å². The average Bonchev–Trinajstić information content (AvgIpc) is 2.88. The van der Waals surface area contributed by atoms with Crippen molar-refractivity contribution in [3.8, 4) is 0 Å². The van der Waals surface area contributed by atoms with E-state index in [-0.39, 0.29) is 23.0 Å². The summed E-state index contributed by atoms with van der Waals surface area (Å²) in [5.74, 6) is -0.251. The minimum atomic E-state index is -0.377. The zero-order valence-corrected chi connectivity index (χ0v) is 13.3. The number of halogens is 1. The highest BCUT2D eigenvalue weighted by molar-refractivity contribution is 8.00. The van der Waals surface area contributed by atoms with Crippen molar-refractivity contribution >= 4 is 35.0 Å². The van der Waals surface area contributed by atoms with Gasteiger partial charge >= 0.3 is 0 Å². The van der Waals surface area contributed by atoms with E-state index in [1.54, 1.807) is 23.1 Å². The van der Waals surface area contributed by atoms with E-state index < -0.39 is 0 Å². The van der Waals surface area contributed by atoms with Gasteiger partial charge in [-0.3, -0.25) is 14.5 Å². The molecule has 2 aromatic carbocycles. The molecule has 1 saturated heterocycles. The Morgan fingerprint density at radius 2 is 2.04 bits per heavy atom. The predicted molar refractivity (Wildman–Crippen MR) is 89.8 cm³/mol. The molecule has 118 valence electrons. The fourth-order valence-corrected chi connectivity index (χ4v) is 3.72. The SMILES string of the molecule is CC(=O)Nc1cccc([C@@H]2SCC(=O)N2c2cccc(F)c2)c1. The highest BCUT2D eigenvalue weighted by Gasteiger charge is 2.34. The molecule has 0 aliphatic carbocycles. The van der Waals surface area contributed by atoms with Crippen molar-refractivity contribution in [1.29, 1.82) is 0 Å². The van der Waals surface area contributed by atoms with Gasteiger partial charge in [-0.2, -0.15) is 0 Å². The third-order valence-electron chi connectivity index (χ3n) is 3.45. The molecule has 0 bridgehead atoms. The Bertz CT molecular complexity index is 766. The molecular weight excluding hydrogens is 315 g/mol. The Hall–Kier alpha value is -2.34. The summed E-state index contributed by atoms with van der Waals surface area (Å²) in [5, 5.41) is 2.49. The number of carbonyl (C=O) groups excluding carboxylic acids is 2. The predicted octanol–water partition coefficient (Wildman–Crippen LogP) is 3.56. The number of nitrogens with one attached hydrogen (secondary N) is 1. The van der Waals surface area contributed by atoms with Crippen LogP contribution in [-0.4, -0.2) is 17.6 Å². The van der Waals surface area contributed by atoms with Crippen molar-refractivity contribution in [1.82, 2.24) is 0 Å². The minimum absolute atomic E-state index is 0.0597. The van der Waals surface area contributed by atoms with Gasteiger partial charge in [-0.05, 0) is 35.9 Å². The molecule has 1 aliphatic heterocycles. The largest absolute Gasteiger partial charge is 0.326 e. The number of amides is 2. The van der Waals surface area contributed by atoms with Gasteiger partial charge in [0.25, 0.3) is 0 Å². The second-order valence-electron chi connectivity index (χ2n) is 5.21. The van der Waals surface area contributed by atoms with Crippen LogP contribution in [0.3, 0.4) is 0 Å². The quantitative estimate of drug-likeness (QED) is 0.936. The summed E-state index contributed by atoms with van der Waals surface area (Å²) in [6, 6.07) is 13.4. The molecule has 1 aliphatic rings. The van der Waals surface area contributed by atoms with Crippen molar-refractivity contribution in [2.24, 2.45) is 0 Å². The third-order valence-corrected chi connectivity index (χ3v) is 4.66.